The largest absolute Gasteiger partial charge is 0.481 e. The highest BCUT2D eigenvalue weighted by Gasteiger charge is 2.25. The minimum Gasteiger partial charge on any atom is -0.481 e. The summed E-state index contributed by atoms with van der Waals surface area (Å²) in [5, 5.41) is 13.8. The van der Waals surface area contributed by atoms with Crippen LogP contribution in [0.5, 0.6) is 11.5 Å². The van der Waals surface area contributed by atoms with Gasteiger partial charge in [-0.05, 0) is 59.9 Å². The molecule has 0 unspecified atom stereocenters. The van der Waals surface area contributed by atoms with Crippen molar-refractivity contribution >= 4 is 22.8 Å². The van der Waals surface area contributed by atoms with Crippen LogP contribution in [0.25, 0.3) is 10.9 Å². The lowest BCUT2D eigenvalue weighted by Crippen LogP contribution is -2.48. The van der Waals surface area contributed by atoms with E-state index in [1.54, 1.807) is 4.90 Å². The Balaban J connectivity index is 1.51. The Morgan fingerprint density at radius 1 is 1.03 bits per heavy atom. The molecule has 0 saturated heterocycles. The summed E-state index contributed by atoms with van der Waals surface area (Å²) in [7, 11) is 0. The van der Waals surface area contributed by atoms with E-state index in [1.807, 2.05) is 79.0 Å². The Morgan fingerprint density at radius 3 is 2.69 bits per heavy atom. The molecule has 0 aliphatic carbocycles. The number of benzene rings is 3. The zero-order valence-corrected chi connectivity index (χ0v) is 19.9. The van der Waals surface area contributed by atoms with E-state index in [9.17, 15) is 14.7 Å². The summed E-state index contributed by atoms with van der Waals surface area (Å²) in [6, 6.07) is 23.1. The van der Waals surface area contributed by atoms with Gasteiger partial charge < -0.3 is 25.0 Å². The first-order chi connectivity index (χ1) is 17.5. The molecule has 3 N–H and O–H groups in total. The van der Waals surface area contributed by atoms with E-state index in [-0.39, 0.29) is 18.9 Å². The zero-order valence-electron chi connectivity index (χ0n) is 19.9. The average molecular weight is 484 g/mol. The van der Waals surface area contributed by atoms with Gasteiger partial charge >= 0.3 is 5.97 Å². The summed E-state index contributed by atoms with van der Waals surface area (Å²) in [6.45, 7) is 1.06. The molecule has 0 fully saturated rings. The van der Waals surface area contributed by atoms with E-state index < -0.39 is 12.0 Å². The second-order valence-electron chi connectivity index (χ2n) is 9.11. The number of nitrogens with one attached hydrogen (secondary N) is 2. The Hall–Kier alpha value is -4.10. The number of aromatic nitrogens is 1. The molecular formula is C29H29N3O4. The number of hydrogen-bond acceptors (Lipinski definition) is 4. The lowest BCUT2D eigenvalue weighted by atomic mass is 10.0. The van der Waals surface area contributed by atoms with Crippen molar-refractivity contribution in [3.8, 4) is 11.5 Å². The number of fused-ring (bicyclic) bond motifs is 3. The molecule has 4 aromatic rings. The van der Waals surface area contributed by atoms with Crippen LogP contribution in [0.15, 0.2) is 79.0 Å². The summed E-state index contributed by atoms with van der Waals surface area (Å²) in [4.78, 5) is 30.2. The number of hydrogen-bond donors (Lipinski definition) is 3. The Labute approximate surface area is 209 Å². The van der Waals surface area contributed by atoms with Gasteiger partial charge in [0.15, 0.2) is 0 Å². The minimum atomic E-state index is -0.919. The van der Waals surface area contributed by atoms with Crippen LogP contribution in [-0.2, 0) is 29.0 Å². The van der Waals surface area contributed by atoms with E-state index >= 15 is 0 Å². The van der Waals surface area contributed by atoms with Crippen molar-refractivity contribution in [2.24, 2.45) is 0 Å². The molecule has 4 bridgehead atoms. The van der Waals surface area contributed by atoms with Gasteiger partial charge in [-0.25, -0.2) is 0 Å². The second-order valence-corrected chi connectivity index (χ2v) is 9.11. The summed E-state index contributed by atoms with van der Waals surface area (Å²) in [5.41, 5.74) is 4.08. The normalized spacial score (nSPS) is 16.4. The van der Waals surface area contributed by atoms with Crippen molar-refractivity contribution in [3.05, 3.63) is 95.7 Å². The van der Waals surface area contributed by atoms with Crippen molar-refractivity contribution in [2.75, 3.05) is 13.1 Å². The van der Waals surface area contributed by atoms with Gasteiger partial charge in [0.2, 0.25) is 5.91 Å². The van der Waals surface area contributed by atoms with Crippen LogP contribution < -0.4 is 10.1 Å². The fourth-order valence-electron chi connectivity index (χ4n) is 4.66. The van der Waals surface area contributed by atoms with E-state index in [4.69, 9.17) is 4.74 Å². The molecule has 1 amide bonds. The summed E-state index contributed by atoms with van der Waals surface area (Å²) in [6.07, 6.45) is 2.96. The monoisotopic (exact) mass is 483 g/mol. The van der Waals surface area contributed by atoms with Gasteiger partial charge in [0.1, 0.15) is 11.5 Å². The third-order valence-electron chi connectivity index (χ3n) is 6.56. The van der Waals surface area contributed by atoms with Crippen molar-refractivity contribution < 1.29 is 19.4 Å². The molecule has 36 heavy (non-hydrogen) atoms. The molecule has 184 valence electrons. The maximum Gasteiger partial charge on any atom is 0.305 e. The van der Waals surface area contributed by atoms with Crippen LogP contribution in [0.2, 0.25) is 0 Å². The third-order valence-corrected chi connectivity index (χ3v) is 6.56. The lowest BCUT2D eigenvalue weighted by Gasteiger charge is -2.28. The highest BCUT2D eigenvalue weighted by atomic mass is 16.5. The number of aliphatic carboxylic acids is 1. The van der Waals surface area contributed by atoms with E-state index in [0.717, 1.165) is 39.1 Å². The smallest absolute Gasteiger partial charge is 0.305 e. The van der Waals surface area contributed by atoms with Crippen molar-refractivity contribution in [1.82, 2.24) is 15.2 Å². The molecule has 7 heteroatoms. The standard InChI is InChI=1S/C29H29N3O4/c33-28(34)12-14-32-13-11-22-19-31-26-10-9-24(17-25(22)26)36-23-8-4-7-21(15-23)18-30-27(29(32)35)16-20-5-2-1-3-6-20/h1-10,15,17,19,27,30-31H,11-14,16,18H2,(H,33,34)/t27-/m1/s1. The van der Waals surface area contributed by atoms with Crippen LogP contribution in [0, 0.1) is 0 Å². The quantitative estimate of drug-likeness (QED) is 0.388. The van der Waals surface area contributed by atoms with Gasteiger partial charge in [0.05, 0.1) is 12.5 Å². The van der Waals surface area contributed by atoms with Gasteiger partial charge in [-0.3, -0.25) is 9.59 Å². The van der Waals surface area contributed by atoms with Gasteiger partial charge in [-0.1, -0.05) is 42.5 Å². The highest BCUT2D eigenvalue weighted by molar-refractivity contribution is 5.85. The molecule has 0 saturated carbocycles. The average Bonchev–Trinajstić information content (AvgIpc) is 3.28. The van der Waals surface area contributed by atoms with Crippen molar-refractivity contribution in [3.63, 3.8) is 0 Å². The predicted octanol–water partition coefficient (Wildman–Crippen LogP) is 4.52. The van der Waals surface area contributed by atoms with Crippen LogP contribution in [0.3, 0.4) is 0 Å². The van der Waals surface area contributed by atoms with Crippen LogP contribution >= 0.6 is 0 Å². The number of H-pyrrole nitrogens is 1. The molecular weight excluding hydrogens is 454 g/mol. The number of carbonyl (C=O) groups is 2. The summed E-state index contributed by atoms with van der Waals surface area (Å²) >= 11 is 0. The fraction of sp³-hybridized carbons (Fsp3) is 0.241. The molecule has 2 heterocycles. The first kappa shape index (κ1) is 23.6. The predicted molar refractivity (Wildman–Crippen MR) is 138 cm³/mol. The molecule has 3 aromatic carbocycles. The Bertz CT molecular complexity index is 1370. The van der Waals surface area contributed by atoms with Gasteiger partial charge in [-0.15, -0.1) is 0 Å². The summed E-state index contributed by atoms with van der Waals surface area (Å²) in [5.74, 6) is 0.457. The number of amides is 1. The number of carboxylic acids is 1. The summed E-state index contributed by atoms with van der Waals surface area (Å²) < 4.78 is 6.17. The van der Waals surface area contributed by atoms with E-state index in [1.165, 1.54) is 0 Å². The molecule has 0 spiro atoms. The molecule has 1 aliphatic heterocycles. The van der Waals surface area contributed by atoms with Crippen molar-refractivity contribution in [1.29, 1.82) is 0 Å². The topological polar surface area (TPSA) is 94.7 Å². The second kappa shape index (κ2) is 10.7. The zero-order chi connectivity index (χ0) is 24.9. The maximum atomic E-state index is 13.8. The fourth-order valence-corrected chi connectivity index (χ4v) is 4.66. The molecule has 1 aromatic heterocycles. The third kappa shape index (κ3) is 5.58. The molecule has 1 aliphatic rings. The van der Waals surface area contributed by atoms with E-state index in [2.05, 4.69) is 10.3 Å². The molecule has 5 rings (SSSR count). The number of aromatic amines is 1. The minimum absolute atomic E-state index is 0.0945. The molecule has 7 nitrogen and oxygen atoms in total. The number of rotatable bonds is 5. The Kier molecular flexibility index (Phi) is 7.00. The Morgan fingerprint density at radius 2 is 1.86 bits per heavy atom. The van der Waals surface area contributed by atoms with Gasteiger partial charge in [0, 0.05) is 36.7 Å². The van der Waals surface area contributed by atoms with Crippen LogP contribution in [0.4, 0.5) is 0 Å². The number of carbonyl (C=O) groups excluding carboxylic acids is 1. The number of nitrogens with zero attached hydrogens (tertiary/aromatic N) is 1. The molecule has 1 atom stereocenters. The van der Waals surface area contributed by atoms with Gasteiger partial charge in [-0.2, -0.15) is 0 Å². The lowest BCUT2D eigenvalue weighted by molar-refractivity contribution is -0.139. The van der Waals surface area contributed by atoms with E-state index in [0.29, 0.717) is 25.9 Å². The number of ether oxygens (including phenoxy) is 1. The van der Waals surface area contributed by atoms with Crippen LogP contribution in [0.1, 0.15) is 23.1 Å². The SMILES string of the molecule is O=C(O)CCN1CCc2c[nH]c3ccc(cc23)Oc2cccc(c2)CN[C@H](Cc2ccccc2)C1=O. The highest BCUT2D eigenvalue weighted by Crippen LogP contribution is 2.28. The van der Waals surface area contributed by atoms with Gasteiger partial charge in [0.25, 0.3) is 0 Å². The first-order valence-electron chi connectivity index (χ1n) is 12.2. The molecule has 0 radical (unpaired) electrons. The first-order valence-corrected chi connectivity index (χ1v) is 12.2. The van der Waals surface area contributed by atoms with Crippen LogP contribution in [-0.4, -0.2) is 46.0 Å². The maximum absolute atomic E-state index is 13.8. The number of carboxylic acid groups (broad SMARTS) is 1. The van der Waals surface area contributed by atoms with Crippen molar-refractivity contribution in [2.45, 2.75) is 31.8 Å².